The number of aryl methyl sites for hydroxylation is 1. The monoisotopic (exact) mass is 421 g/mol. The van der Waals surface area contributed by atoms with Crippen LogP contribution in [0.3, 0.4) is 0 Å². The maximum Gasteiger partial charge on any atom is 0.108 e. The lowest BCUT2D eigenvalue weighted by atomic mass is 10.0. The Morgan fingerprint density at radius 1 is 0.900 bits per heavy atom. The molecular weight excluding hydrogens is 390 g/mol. The van der Waals surface area contributed by atoms with Gasteiger partial charge in [0.1, 0.15) is 6.10 Å². The minimum Gasteiger partial charge on any atom is -0.389 e. The number of aliphatic hydroxyl groups is 1. The largest absolute Gasteiger partial charge is 0.389 e. The van der Waals surface area contributed by atoms with Gasteiger partial charge < -0.3 is 9.84 Å². The van der Waals surface area contributed by atoms with Crippen molar-refractivity contribution in [2.24, 2.45) is 0 Å². The standard InChI is InChI=1S/C26H31NO2S/c1-20-9-13-23(14-10-20)26(22-7-5-4-6-8-22)29-19-24(28)18-27(2)17-21-11-15-25(30-3)16-12-21/h4-16,24,26,28H,17-19H2,1-3H3/t24-,26-/m0/s1. The van der Waals surface area contributed by atoms with Crippen molar-refractivity contribution >= 4 is 11.8 Å². The van der Waals surface area contributed by atoms with Crippen LogP contribution in [-0.2, 0) is 11.3 Å². The van der Waals surface area contributed by atoms with Crippen molar-refractivity contribution in [3.05, 3.63) is 101 Å². The quantitative estimate of drug-likeness (QED) is 0.449. The van der Waals surface area contributed by atoms with Gasteiger partial charge in [0.05, 0.1) is 12.7 Å². The van der Waals surface area contributed by atoms with Crippen LogP contribution >= 0.6 is 11.8 Å². The molecule has 0 aliphatic heterocycles. The summed E-state index contributed by atoms with van der Waals surface area (Å²) in [5, 5.41) is 10.6. The molecule has 3 aromatic carbocycles. The van der Waals surface area contributed by atoms with Crippen LogP contribution in [-0.4, -0.2) is 42.6 Å². The van der Waals surface area contributed by atoms with Crippen molar-refractivity contribution in [2.75, 3.05) is 26.5 Å². The third-order valence-corrected chi connectivity index (χ3v) is 5.82. The molecule has 0 saturated heterocycles. The van der Waals surface area contributed by atoms with Crippen molar-refractivity contribution in [1.29, 1.82) is 0 Å². The predicted octanol–water partition coefficient (Wildman–Crippen LogP) is 5.32. The summed E-state index contributed by atoms with van der Waals surface area (Å²) < 4.78 is 6.22. The van der Waals surface area contributed by atoms with Gasteiger partial charge in [0.15, 0.2) is 0 Å². The number of ether oxygens (including phenoxy) is 1. The number of hydrogen-bond acceptors (Lipinski definition) is 4. The second kappa shape index (κ2) is 11.3. The fourth-order valence-corrected chi connectivity index (χ4v) is 3.89. The summed E-state index contributed by atoms with van der Waals surface area (Å²) in [6, 6.07) is 27.2. The van der Waals surface area contributed by atoms with Crippen LogP contribution in [0.1, 0.15) is 28.4 Å². The Morgan fingerprint density at radius 3 is 2.17 bits per heavy atom. The summed E-state index contributed by atoms with van der Waals surface area (Å²) in [4.78, 5) is 3.39. The molecule has 0 spiro atoms. The summed E-state index contributed by atoms with van der Waals surface area (Å²) in [7, 11) is 2.03. The van der Waals surface area contributed by atoms with Gasteiger partial charge in [-0.2, -0.15) is 0 Å². The van der Waals surface area contributed by atoms with E-state index in [1.807, 2.05) is 25.2 Å². The fourth-order valence-electron chi connectivity index (χ4n) is 3.48. The maximum atomic E-state index is 10.6. The molecule has 1 N–H and O–H groups in total. The Labute approximate surface area is 184 Å². The minimum absolute atomic E-state index is 0.189. The van der Waals surface area contributed by atoms with Crippen molar-refractivity contribution in [2.45, 2.75) is 30.6 Å². The number of thioether (sulfide) groups is 1. The molecule has 0 aromatic heterocycles. The third-order valence-electron chi connectivity index (χ3n) is 5.07. The number of hydrogen-bond donors (Lipinski definition) is 1. The number of rotatable bonds is 10. The fraction of sp³-hybridized carbons (Fsp3) is 0.308. The van der Waals surface area contributed by atoms with E-state index in [0.29, 0.717) is 6.54 Å². The molecule has 0 amide bonds. The van der Waals surface area contributed by atoms with Crippen LogP contribution in [0.4, 0.5) is 0 Å². The van der Waals surface area contributed by atoms with Gasteiger partial charge in [-0.15, -0.1) is 11.8 Å². The Balaban J connectivity index is 1.58. The first-order valence-corrected chi connectivity index (χ1v) is 11.5. The number of aliphatic hydroxyl groups excluding tert-OH is 1. The van der Waals surface area contributed by atoms with E-state index in [1.165, 1.54) is 16.0 Å². The van der Waals surface area contributed by atoms with Crippen molar-refractivity contribution in [3.8, 4) is 0 Å². The summed E-state index contributed by atoms with van der Waals surface area (Å²) in [5.41, 5.74) is 4.65. The molecule has 2 atom stereocenters. The van der Waals surface area contributed by atoms with Gasteiger partial charge in [0, 0.05) is 18.0 Å². The number of nitrogens with zero attached hydrogens (tertiary/aromatic N) is 1. The first-order valence-electron chi connectivity index (χ1n) is 10.3. The zero-order chi connectivity index (χ0) is 21.3. The van der Waals surface area contributed by atoms with E-state index in [1.54, 1.807) is 11.8 Å². The molecule has 158 valence electrons. The van der Waals surface area contributed by atoms with Gasteiger partial charge in [0.2, 0.25) is 0 Å². The summed E-state index contributed by atoms with van der Waals surface area (Å²) in [6.45, 7) is 3.71. The molecule has 4 heteroatoms. The highest BCUT2D eigenvalue weighted by Gasteiger charge is 2.17. The van der Waals surface area contributed by atoms with Gasteiger partial charge in [-0.05, 0) is 49.1 Å². The van der Waals surface area contributed by atoms with E-state index in [9.17, 15) is 5.11 Å². The van der Waals surface area contributed by atoms with Gasteiger partial charge in [-0.3, -0.25) is 4.90 Å². The van der Waals surface area contributed by atoms with Gasteiger partial charge in [-0.1, -0.05) is 72.3 Å². The van der Waals surface area contributed by atoms with Crippen molar-refractivity contribution in [3.63, 3.8) is 0 Å². The van der Waals surface area contributed by atoms with Crippen LogP contribution < -0.4 is 0 Å². The van der Waals surface area contributed by atoms with Crippen molar-refractivity contribution < 1.29 is 9.84 Å². The normalized spacial score (nSPS) is 13.4. The molecule has 0 aliphatic carbocycles. The zero-order valence-electron chi connectivity index (χ0n) is 18.0. The second-order valence-corrected chi connectivity index (χ2v) is 8.61. The highest BCUT2D eigenvalue weighted by molar-refractivity contribution is 7.98. The SMILES string of the molecule is CSc1ccc(CN(C)C[C@H](O)CO[C@@H](c2ccccc2)c2ccc(C)cc2)cc1. The minimum atomic E-state index is -0.558. The van der Waals surface area contributed by atoms with Gasteiger partial charge in [0.25, 0.3) is 0 Å². The Kier molecular flexibility index (Phi) is 8.52. The lowest BCUT2D eigenvalue weighted by Crippen LogP contribution is -2.32. The molecule has 0 aliphatic rings. The molecule has 3 rings (SSSR count). The number of benzene rings is 3. The van der Waals surface area contributed by atoms with E-state index < -0.39 is 6.10 Å². The van der Waals surface area contributed by atoms with Gasteiger partial charge >= 0.3 is 0 Å². The molecule has 0 fully saturated rings. The average molecular weight is 422 g/mol. The highest BCUT2D eigenvalue weighted by atomic mass is 32.2. The van der Waals surface area contributed by atoms with Crippen LogP contribution in [0.2, 0.25) is 0 Å². The molecule has 3 aromatic rings. The lowest BCUT2D eigenvalue weighted by molar-refractivity contribution is -0.00626. The molecule has 0 saturated carbocycles. The molecule has 0 radical (unpaired) electrons. The van der Waals surface area contributed by atoms with Crippen LogP contribution in [0.15, 0.2) is 83.8 Å². The number of likely N-dealkylation sites (N-methyl/N-ethyl adjacent to an activating group) is 1. The first kappa shape index (κ1) is 22.6. The third kappa shape index (κ3) is 6.71. The Bertz CT molecular complexity index is 881. The molecule has 0 unspecified atom stereocenters. The predicted molar refractivity (Wildman–Crippen MR) is 126 cm³/mol. The second-order valence-electron chi connectivity index (χ2n) is 7.73. The molecule has 0 bridgehead atoms. The molecular formula is C26H31NO2S. The van der Waals surface area contributed by atoms with E-state index >= 15 is 0 Å². The van der Waals surface area contributed by atoms with Crippen LogP contribution in [0, 0.1) is 6.92 Å². The van der Waals surface area contributed by atoms with Crippen LogP contribution in [0.5, 0.6) is 0 Å². The highest BCUT2D eigenvalue weighted by Crippen LogP contribution is 2.26. The van der Waals surface area contributed by atoms with E-state index in [2.05, 4.69) is 78.7 Å². The maximum absolute atomic E-state index is 10.6. The van der Waals surface area contributed by atoms with E-state index in [4.69, 9.17) is 4.74 Å². The van der Waals surface area contributed by atoms with Crippen LogP contribution in [0.25, 0.3) is 0 Å². The first-order chi connectivity index (χ1) is 14.5. The average Bonchev–Trinajstić information content (AvgIpc) is 2.76. The molecule has 3 nitrogen and oxygen atoms in total. The summed E-state index contributed by atoms with van der Waals surface area (Å²) >= 11 is 1.74. The Hall–Kier alpha value is -2.11. The van der Waals surface area contributed by atoms with E-state index in [0.717, 1.165) is 17.7 Å². The van der Waals surface area contributed by atoms with E-state index in [-0.39, 0.29) is 12.7 Å². The van der Waals surface area contributed by atoms with Crippen molar-refractivity contribution in [1.82, 2.24) is 4.90 Å². The molecule has 30 heavy (non-hydrogen) atoms. The molecule has 0 heterocycles. The zero-order valence-corrected chi connectivity index (χ0v) is 18.8. The Morgan fingerprint density at radius 2 is 1.53 bits per heavy atom. The summed E-state index contributed by atoms with van der Waals surface area (Å²) in [6.07, 6.45) is 1.33. The topological polar surface area (TPSA) is 32.7 Å². The smallest absolute Gasteiger partial charge is 0.108 e. The van der Waals surface area contributed by atoms with Gasteiger partial charge in [-0.25, -0.2) is 0 Å². The summed E-state index contributed by atoms with van der Waals surface area (Å²) in [5.74, 6) is 0. The lowest BCUT2D eigenvalue weighted by Gasteiger charge is -2.24.